The SMILES string of the molecule is CCCOc1c(Cl)cc(C(=O)Nc2ccc(-n3ccnc3C)c(F)c2)cc1OC. The average Bonchev–Trinajstić information content (AvgIpc) is 3.12. The number of carbonyl (C=O) groups is 1. The molecule has 0 unspecified atom stereocenters. The Hall–Kier alpha value is -3.06. The Bertz CT molecular complexity index is 1040. The first kappa shape index (κ1) is 20.7. The van der Waals surface area contributed by atoms with Crippen LogP contribution in [-0.4, -0.2) is 29.2 Å². The molecule has 6 nitrogen and oxygen atoms in total. The third-order valence-corrected chi connectivity index (χ3v) is 4.51. The van der Waals surface area contributed by atoms with Crippen molar-refractivity contribution in [2.24, 2.45) is 0 Å². The second-order valence-corrected chi connectivity index (χ2v) is 6.71. The number of halogens is 2. The lowest BCUT2D eigenvalue weighted by Gasteiger charge is -2.14. The molecule has 0 aliphatic heterocycles. The van der Waals surface area contributed by atoms with E-state index in [2.05, 4.69) is 10.3 Å². The predicted molar refractivity (Wildman–Crippen MR) is 110 cm³/mol. The molecule has 0 fully saturated rings. The molecule has 29 heavy (non-hydrogen) atoms. The quantitative estimate of drug-likeness (QED) is 0.586. The van der Waals surface area contributed by atoms with Gasteiger partial charge in [0, 0.05) is 23.6 Å². The first-order valence-electron chi connectivity index (χ1n) is 9.06. The van der Waals surface area contributed by atoms with Crippen LogP contribution >= 0.6 is 11.6 Å². The molecular weight excluding hydrogens is 397 g/mol. The third kappa shape index (κ3) is 4.51. The zero-order chi connectivity index (χ0) is 21.0. The van der Waals surface area contributed by atoms with Gasteiger partial charge in [0.2, 0.25) is 0 Å². The highest BCUT2D eigenvalue weighted by molar-refractivity contribution is 6.32. The maximum absolute atomic E-state index is 14.5. The van der Waals surface area contributed by atoms with Crippen LogP contribution in [0.5, 0.6) is 11.5 Å². The summed E-state index contributed by atoms with van der Waals surface area (Å²) in [7, 11) is 1.47. The first-order chi connectivity index (χ1) is 13.9. The van der Waals surface area contributed by atoms with Crippen LogP contribution in [-0.2, 0) is 0 Å². The van der Waals surface area contributed by atoms with E-state index in [0.717, 1.165) is 6.42 Å². The standard InChI is InChI=1S/C21H21ClFN3O3/c1-4-9-29-20-16(22)10-14(11-19(20)28-3)21(27)25-15-5-6-18(17(23)12-15)26-8-7-24-13(26)2/h5-8,10-12H,4,9H2,1-3H3,(H,25,27). The molecule has 0 spiro atoms. The summed E-state index contributed by atoms with van der Waals surface area (Å²) in [6.45, 7) is 4.23. The lowest BCUT2D eigenvalue weighted by Crippen LogP contribution is -2.13. The molecule has 8 heteroatoms. The monoisotopic (exact) mass is 417 g/mol. The number of ether oxygens (including phenoxy) is 2. The van der Waals surface area contributed by atoms with E-state index >= 15 is 0 Å². The number of aryl methyl sites for hydroxylation is 1. The number of benzene rings is 2. The summed E-state index contributed by atoms with van der Waals surface area (Å²) in [4.78, 5) is 16.7. The zero-order valence-electron chi connectivity index (χ0n) is 16.3. The van der Waals surface area contributed by atoms with Gasteiger partial charge in [-0.25, -0.2) is 9.37 Å². The van der Waals surface area contributed by atoms with Crippen LogP contribution < -0.4 is 14.8 Å². The number of nitrogens with zero attached hydrogens (tertiary/aromatic N) is 2. The van der Waals surface area contributed by atoms with Crippen molar-refractivity contribution in [3.8, 4) is 17.2 Å². The Balaban J connectivity index is 1.82. The van der Waals surface area contributed by atoms with Gasteiger partial charge in [-0.05, 0) is 43.7 Å². The van der Waals surface area contributed by atoms with Crippen LogP contribution in [0.1, 0.15) is 29.5 Å². The van der Waals surface area contributed by atoms with E-state index in [1.54, 1.807) is 36.0 Å². The normalized spacial score (nSPS) is 10.7. The molecule has 0 atom stereocenters. The van der Waals surface area contributed by atoms with Gasteiger partial charge < -0.3 is 19.4 Å². The topological polar surface area (TPSA) is 65.4 Å². The molecule has 152 valence electrons. The Morgan fingerprint density at radius 1 is 1.31 bits per heavy atom. The molecule has 0 aliphatic carbocycles. The molecule has 2 aromatic carbocycles. The lowest BCUT2D eigenvalue weighted by atomic mass is 10.1. The lowest BCUT2D eigenvalue weighted by molar-refractivity contribution is 0.102. The summed E-state index contributed by atoms with van der Waals surface area (Å²) < 4.78 is 27.1. The highest BCUT2D eigenvalue weighted by Gasteiger charge is 2.17. The second-order valence-electron chi connectivity index (χ2n) is 6.30. The molecule has 1 aromatic heterocycles. The van der Waals surface area contributed by atoms with E-state index in [-0.39, 0.29) is 10.6 Å². The fourth-order valence-electron chi connectivity index (χ4n) is 2.81. The molecule has 0 saturated carbocycles. The minimum absolute atomic E-state index is 0.264. The largest absolute Gasteiger partial charge is 0.493 e. The summed E-state index contributed by atoms with van der Waals surface area (Å²) >= 11 is 6.26. The second kappa shape index (κ2) is 8.96. The number of aromatic nitrogens is 2. The number of anilines is 1. The number of nitrogens with one attached hydrogen (secondary N) is 1. The summed E-state index contributed by atoms with van der Waals surface area (Å²) in [5.74, 6) is 0.473. The highest BCUT2D eigenvalue weighted by atomic mass is 35.5. The number of carbonyl (C=O) groups excluding carboxylic acids is 1. The Kier molecular flexibility index (Phi) is 6.39. The van der Waals surface area contributed by atoms with Crippen molar-refractivity contribution in [2.75, 3.05) is 19.0 Å². The zero-order valence-corrected chi connectivity index (χ0v) is 17.1. The molecule has 0 radical (unpaired) electrons. The van der Waals surface area contributed by atoms with Gasteiger partial charge >= 0.3 is 0 Å². The predicted octanol–water partition coefficient (Wildman–Crippen LogP) is 5.02. The number of rotatable bonds is 7. The summed E-state index contributed by atoms with van der Waals surface area (Å²) in [5.41, 5.74) is 0.932. The highest BCUT2D eigenvalue weighted by Crippen LogP contribution is 2.36. The first-order valence-corrected chi connectivity index (χ1v) is 9.44. The number of imidazole rings is 1. The Morgan fingerprint density at radius 2 is 2.10 bits per heavy atom. The van der Waals surface area contributed by atoms with Crippen molar-refractivity contribution in [3.63, 3.8) is 0 Å². The van der Waals surface area contributed by atoms with Gasteiger partial charge in [-0.1, -0.05) is 18.5 Å². The molecule has 1 heterocycles. The molecule has 0 aliphatic rings. The maximum Gasteiger partial charge on any atom is 0.255 e. The summed E-state index contributed by atoms with van der Waals surface area (Å²) in [6, 6.07) is 7.47. The number of methoxy groups -OCH3 is 1. The van der Waals surface area contributed by atoms with Crippen LogP contribution in [0.3, 0.4) is 0 Å². The molecule has 0 saturated heterocycles. The van der Waals surface area contributed by atoms with E-state index in [9.17, 15) is 9.18 Å². The van der Waals surface area contributed by atoms with Gasteiger partial charge in [0.25, 0.3) is 5.91 Å². The molecule has 3 aromatic rings. The number of amides is 1. The fraction of sp³-hybridized carbons (Fsp3) is 0.238. The minimum Gasteiger partial charge on any atom is -0.493 e. The van der Waals surface area contributed by atoms with Crippen molar-refractivity contribution in [1.82, 2.24) is 9.55 Å². The number of hydrogen-bond acceptors (Lipinski definition) is 4. The minimum atomic E-state index is -0.483. The maximum atomic E-state index is 14.5. The van der Waals surface area contributed by atoms with E-state index in [4.69, 9.17) is 21.1 Å². The smallest absolute Gasteiger partial charge is 0.255 e. The summed E-state index contributed by atoms with van der Waals surface area (Å²) in [6.07, 6.45) is 4.07. The molecule has 1 N–H and O–H groups in total. The van der Waals surface area contributed by atoms with Gasteiger partial charge in [0.15, 0.2) is 11.5 Å². The van der Waals surface area contributed by atoms with Gasteiger partial charge in [0.1, 0.15) is 11.6 Å². The van der Waals surface area contributed by atoms with Crippen LogP contribution in [0.2, 0.25) is 5.02 Å². The van der Waals surface area contributed by atoms with Crippen molar-refractivity contribution in [2.45, 2.75) is 20.3 Å². The van der Waals surface area contributed by atoms with Crippen LogP contribution in [0.25, 0.3) is 5.69 Å². The van der Waals surface area contributed by atoms with Gasteiger partial charge in [0.05, 0.1) is 24.4 Å². The van der Waals surface area contributed by atoms with E-state index in [1.807, 2.05) is 6.92 Å². The van der Waals surface area contributed by atoms with Gasteiger partial charge in [-0.3, -0.25) is 4.79 Å². The third-order valence-electron chi connectivity index (χ3n) is 4.23. The van der Waals surface area contributed by atoms with Crippen LogP contribution in [0.15, 0.2) is 42.7 Å². The fourth-order valence-corrected chi connectivity index (χ4v) is 3.08. The molecule has 1 amide bonds. The Labute approximate surface area is 173 Å². The average molecular weight is 418 g/mol. The van der Waals surface area contributed by atoms with E-state index in [1.165, 1.54) is 25.3 Å². The Morgan fingerprint density at radius 3 is 2.72 bits per heavy atom. The summed E-state index contributed by atoms with van der Waals surface area (Å²) in [5, 5.41) is 2.93. The van der Waals surface area contributed by atoms with Crippen LogP contribution in [0.4, 0.5) is 10.1 Å². The van der Waals surface area contributed by atoms with Crippen molar-refractivity contribution in [1.29, 1.82) is 0 Å². The van der Waals surface area contributed by atoms with Gasteiger partial charge in [-0.15, -0.1) is 0 Å². The van der Waals surface area contributed by atoms with E-state index < -0.39 is 11.7 Å². The number of hydrogen-bond donors (Lipinski definition) is 1. The molecular formula is C21H21ClFN3O3. The van der Waals surface area contributed by atoms with E-state index in [0.29, 0.717) is 35.3 Å². The molecule has 3 rings (SSSR count). The molecule has 0 bridgehead atoms. The van der Waals surface area contributed by atoms with Crippen molar-refractivity contribution < 1.29 is 18.7 Å². The van der Waals surface area contributed by atoms with Crippen LogP contribution in [0, 0.1) is 12.7 Å². The van der Waals surface area contributed by atoms with Crippen molar-refractivity contribution >= 4 is 23.2 Å². The van der Waals surface area contributed by atoms with Crippen molar-refractivity contribution in [3.05, 3.63) is 65.0 Å². The van der Waals surface area contributed by atoms with Gasteiger partial charge in [-0.2, -0.15) is 0 Å².